The maximum absolute atomic E-state index is 10.3. The number of piperidine rings is 1. The van der Waals surface area contributed by atoms with Crippen LogP contribution in [0.1, 0.15) is 19.3 Å². The molecule has 1 atom stereocenters. The van der Waals surface area contributed by atoms with Gasteiger partial charge in [-0.15, -0.1) is 0 Å². The third-order valence-corrected chi connectivity index (χ3v) is 2.57. The van der Waals surface area contributed by atoms with Crippen molar-refractivity contribution in [1.29, 1.82) is 0 Å². The molecule has 1 saturated heterocycles. The lowest BCUT2D eigenvalue weighted by atomic mass is 10.1. The van der Waals surface area contributed by atoms with Crippen molar-refractivity contribution < 1.29 is 9.90 Å². The highest BCUT2D eigenvalue weighted by Crippen LogP contribution is 2.08. The summed E-state index contributed by atoms with van der Waals surface area (Å²) >= 11 is 0. The quantitative estimate of drug-likeness (QED) is 0.656. The van der Waals surface area contributed by atoms with Crippen molar-refractivity contribution in [3.63, 3.8) is 0 Å². The molecule has 1 rings (SSSR count). The Balaban J connectivity index is 2.20. The maximum Gasteiger partial charge on any atom is 0.304 e. The molecule has 0 aromatic heterocycles. The topological polar surface area (TPSA) is 52.6 Å². The van der Waals surface area contributed by atoms with Gasteiger partial charge in [0, 0.05) is 19.1 Å². The van der Waals surface area contributed by atoms with Crippen molar-refractivity contribution >= 4 is 5.97 Å². The Labute approximate surface area is 78.9 Å². The van der Waals surface area contributed by atoms with E-state index in [0.717, 1.165) is 13.1 Å². The number of carbonyl (C=O) groups is 1. The van der Waals surface area contributed by atoms with E-state index in [9.17, 15) is 4.79 Å². The number of nitrogens with zero attached hydrogens (tertiary/aromatic N) is 1. The normalized spacial score (nSPS) is 23.4. The van der Waals surface area contributed by atoms with Gasteiger partial charge in [0.15, 0.2) is 0 Å². The number of rotatable bonds is 4. The summed E-state index contributed by atoms with van der Waals surface area (Å²) in [6, 6.07) is 0.521. The van der Waals surface area contributed by atoms with Gasteiger partial charge in [-0.3, -0.25) is 4.79 Å². The maximum atomic E-state index is 10.3. The Hall–Kier alpha value is -0.610. The standard InChI is InChI=1S/C9H18N2O2/c1-11(6-4-9(12)13)8-3-2-5-10-7-8/h8,10H,2-7H2,1H3,(H,12,13). The molecule has 1 aliphatic heterocycles. The highest BCUT2D eigenvalue weighted by atomic mass is 16.4. The van der Waals surface area contributed by atoms with Crippen LogP contribution in [-0.4, -0.2) is 48.7 Å². The van der Waals surface area contributed by atoms with Gasteiger partial charge in [0.25, 0.3) is 0 Å². The van der Waals surface area contributed by atoms with E-state index >= 15 is 0 Å². The summed E-state index contributed by atoms with van der Waals surface area (Å²) in [7, 11) is 2.00. The van der Waals surface area contributed by atoms with Crippen molar-refractivity contribution in [1.82, 2.24) is 10.2 Å². The molecular weight excluding hydrogens is 168 g/mol. The van der Waals surface area contributed by atoms with Crippen LogP contribution in [-0.2, 0) is 4.79 Å². The zero-order valence-corrected chi connectivity index (χ0v) is 8.12. The fraction of sp³-hybridized carbons (Fsp3) is 0.889. The van der Waals surface area contributed by atoms with E-state index in [-0.39, 0.29) is 6.42 Å². The van der Waals surface area contributed by atoms with Gasteiger partial charge in [-0.05, 0) is 26.4 Å². The number of likely N-dealkylation sites (N-methyl/N-ethyl adjacent to an activating group) is 1. The van der Waals surface area contributed by atoms with Crippen LogP contribution < -0.4 is 5.32 Å². The molecule has 0 aromatic carbocycles. The van der Waals surface area contributed by atoms with Gasteiger partial charge in [-0.2, -0.15) is 0 Å². The SMILES string of the molecule is CN(CCC(=O)O)C1CCCNC1. The molecule has 1 fully saturated rings. The van der Waals surface area contributed by atoms with Gasteiger partial charge in [0.05, 0.1) is 6.42 Å². The highest BCUT2D eigenvalue weighted by Gasteiger charge is 2.17. The minimum atomic E-state index is -0.712. The molecule has 13 heavy (non-hydrogen) atoms. The minimum absolute atomic E-state index is 0.243. The first kappa shape index (κ1) is 10.5. The Morgan fingerprint density at radius 3 is 3.00 bits per heavy atom. The number of hydrogen-bond donors (Lipinski definition) is 2. The molecule has 1 aliphatic rings. The molecule has 0 aromatic rings. The molecule has 2 N–H and O–H groups in total. The number of hydrogen-bond acceptors (Lipinski definition) is 3. The van der Waals surface area contributed by atoms with Crippen molar-refractivity contribution in [3.8, 4) is 0 Å². The van der Waals surface area contributed by atoms with Gasteiger partial charge in [0.2, 0.25) is 0 Å². The van der Waals surface area contributed by atoms with E-state index in [1.165, 1.54) is 12.8 Å². The Morgan fingerprint density at radius 1 is 1.69 bits per heavy atom. The summed E-state index contributed by atoms with van der Waals surface area (Å²) in [5, 5.41) is 11.8. The lowest BCUT2D eigenvalue weighted by Gasteiger charge is -2.31. The zero-order valence-electron chi connectivity index (χ0n) is 8.12. The number of nitrogens with one attached hydrogen (secondary N) is 1. The molecule has 4 heteroatoms. The first-order valence-corrected chi connectivity index (χ1v) is 4.83. The fourth-order valence-corrected chi connectivity index (χ4v) is 1.66. The summed E-state index contributed by atoms with van der Waals surface area (Å²) in [6.45, 7) is 2.75. The van der Waals surface area contributed by atoms with E-state index in [0.29, 0.717) is 12.6 Å². The van der Waals surface area contributed by atoms with E-state index in [1.807, 2.05) is 7.05 Å². The van der Waals surface area contributed by atoms with Gasteiger partial charge >= 0.3 is 5.97 Å². The largest absolute Gasteiger partial charge is 0.481 e. The van der Waals surface area contributed by atoms with Gasteiger partial charge in [-0.1, -0.05) is 0 Å². The van der Waals surface area contributed by atoms with Crippen molar-refractivity contribution in [2.45, 2.75) is 25.3 Å². The predicted molar refractivity (Wildman–Crippen MR) is 50.8 cm³/mol. The Morgan fingerprint density at radius 2 is 2.46 bits per heavy atom. The summed E-state index contributed by atoms with van der Waals surface area (Å²) in [4.78, 5) is 12.5. The second kappa shape index (κ2) is 5.19. The monoisotopic (exact) mass is 186 g/mol. The minimum Gasteiger partial charge on any atom is -0.481 e. The number of aliphatic carboxylic acids is 1. The van der Waals surface area contributed by atoms with Crippen LogP contribution in [0.4, 0.5) is 0 Å². The highest BCUT2D eigenvalue weighted by molar-refractivity contribution is 5.66. The summed E-state index contributed by atoms with van der Waals surface area (Å²) < 4.78 is 0. The zero-order chi connectivity index (χ0) is 9.68. The average Bonchev–Trinajstić information content (AvgIpc) is 2.15. The van der Waals surface area contributed by atoms with E-state index in [4.69, 9.17) is 5.11 Å². The van der Waals surface area contributed by atoms with E-state index in [2.05, 4.69) is 10.2 Å². The van der Waals surface area contributed by atoms with Crippen molar-refractivity contribution in [2.75, 3.05) is 26.7 Å². The number of carboxylic acid groups (broad SMARTS) is 1. The van der Waals surface area contributed by atoms with Crippen molar-refractivity contribution in [2.24, 2.45) is 0 Å². The molecule has 0 radical (unpaired) electrons. The van der Waals surface area contributed by atoms with Crippen LogP contribution in [0.5, 0.6) is 0 Å². The van der Waals surface area contributed by atoms with Crippen LogP contribution in [0.25, 0.3) is 0 Å². The molecule has 0 spiro atoms. The smallest absolute Gasteiger partial charge is 0.304 e. The van der Waals surface area contributed by atoms with Crippen LogP contribution in [0.15, 0.2) is 0 Å². The molecule has 0 amide bonds. The third kappa shape index (κ3) is 3.74. The first-order chi connectivity index (χ1) is 6.20. The van der Waals surface area contributed by atoms with Crippen molar-refractivity contribution in [3.05, 3.63) is 0 Å². The lowest BCUT2D eigenvalue weighted by Crippen LogP contribution is -2.44. The van der Waals surface area contributed by atoms with Gasteiger partial charge < -0.3 is 15.3 Å². The van der Waals surface area contributed by atoms with Crippen LogP contribution >= 0.6 is 0 Å². The van der Waals surface area contributed by atoms with E-state index in [1.54, 1.807) is 0 Å². The summed E-state index contributed by atoms with van der Waals surface area (Å²) in [5.41, 5.74) is 0. The molecule has 76 valence electrons. The average molecular weight is 186 g/mol. The Bertz CT molecular complexity index is 167. The lowest BCUT2D eigenvalue weighted by molar-refractivity contribution is -0.137. The molecule has 4 nitrogen and oxygen atoms in total. The van der Waals surface area contributed by atoms with Crippen LogP contribution in [0.2, 0.25) is 0 Å². The fourth-order valence-electron chi connectivity index (χ4n) is 1.66. The summed E-state index contributed by atoms with van der Waals surface area (Å²) in [6.07, 6.45) is 2.62. The van der Waals surface area contributed by atoms with Gasteiger partial charge in [-0.25, -0.2) is 0 Å². The predicted octanol–water partition coefficient (Wildman–Crippen LogP) is 0.145. The van der Waals surface area contributed by atoms with Gasteiger partial charge in [0.1, 0.15) is 0 Å². The molecule has 1 heterocycles. The molecule has 1 unspecified atom stereocenters. The molecular formula is C9H18N2O2. The van der Waals surface area contributed by atoms with Crippen LogP contribution in [0.3, 0.4) is 0 Å². The van der Waals surface area contributed by atoms with Crippen LogP contribution in [0, 0.1) is 0 Å². The molecule has 0 aliphatic carbocycles. The summed E-state index contributed by atoms with van der Waals surface area (Å²) in [5.74, 6) is -0.712. The second-order valence-electron chi connectivity index (χ2n) is 3.62. The molecule has 0 bridgehead atoms. The number of carboxylic acids is 1. The van der Waals surface area contributed by atoms with E-state index < -0.39 is 5.97 Å². The first-order valence-electron chi connectivity index (χ1n) is 4.83. The Kier molecular flexibility index (Phi) is 4.18. The second-order valence-corrected chi connectivity index (χ2v) is 3.62. The third-order valence-electron chi connectivity index (χ3n) is 2.57. The molecule has 0 saturated carbocycles.